The summed E-state index contributed by atoms with van der Waals surface area (Å²) < 4.78 is 0. The molecule has 0 saturated carbocycles. The summed E-state index contributed by atoms with van der Waals surface area (Å²) in [5.74, 6) is -0.135. The number of hydrogen-bond donors (Lipinski definition) is 3. The minimum atomic E-state index is -0.128. The van der Waals surface area contributed by atoms with Crippen molar-refractivity contribution in [2.45, 2.75) is 38.6 Å². The molecular formula is C16H23N3O2. The fraction of sp³-hybridized carbons (Fsp3) is 0.500. The molecule has 1 aliphatic rings. The van der Waals surface area contributed by atoms with Crippen molar-refractivity contribution < 1.29 is 9.59 Å². The second kappa shape index (κ2) is 7.78. The lowest BCUT2D eigenvalue weighted by Gasteiger charge is -2.22. The summed E-state index contributed by atoms with van der Waals surface area (Å²) in [4.78, 5) is 24.1. The third kappa shape index (κ3) is 4.56. The third-order valence-electron chi connectivity index (χ3n) is 3.55. The first-order valence-electron chi connectivity index (χ1n) is 7.63. The van der Waals surface area contributed by atoms with Crippen molar-refractivity contribution in [2.24, 2.45) is 0 Å². The summed E-state index contributed by atoms with van der Waals surface area (Å²) in [5.41, 5.74) is 1.23. The maximum atomic E-state index is 12.1. The predicted octanol–water partition coefficient (Wildman–Crippen LogP) is 1.91. The second-order valence-electron chi connectivity index (χ2n) is 5.33. The number of hydrogen-bond acceptors (Lipinski definition) is 3. The van der Waals surface area contributed by atoms with E-state index in [0.29, 0.717) is 17.8 Å². The zero-order valence-electron chi connectivity index (χ0n) is 12.4. The lowest BCUT2D eigenvalue weighted by Crippen LogP contribution is -2.43. The fourth-order valence-corrected chi connectivity index (χ4v) is 2.38. The molecule has 114 valence electrons. The van der Waals surface area contributed by atoms with Gasteiger partial charge in [0.2, 0.25) is 5.91 Å². The van der Waals surface area contributed by atoms with Crippen LogP contribution in [0.3, 0.4) is 0 Å². The molecule has 1 saturated heterocycles. The molecule has 0 spiro atoms. The average molecular weight is 289 g/mol. The number of carbonyl (C=O) groups excluding carboxylic acids is 2. The van der Waals surface area contributed by atoms with Crippen LogP contribution in [0.15, 0.2) is 24.3 Å². The lowest BCUT2D eigenvalue weighted by molar-refractivity contribution is -0.118. The summed E-state index contributed by atoms with van der Waals surface area (Å²) in [7, 11) is 0. The van der Waals surface area contributed by atoms with Gasteiger partial charge in [0.1, 0.15) is 0 Å². The molecule has 0 aromatic heterocycles. The van der Waals surface area contributed by atoms with Crippen LogP contribution < -0.4 is 16.0 Å². The number of rotatable bonds is 5. The van der Waals surface area contributed by atoms with Crippen molar-refractivity contribution in [1.29, 1.82) is 0 Å². The van der Waals surface area contributed by atoms with Gasteiger partial charge >= 0.3 is 0 Å². The van der Waals surface area contributed by atoms with Crippen LogP contribution in [0.2, 0.25) is 0 Å². The number of amides is 2. The van der Waals surface area contributed by atoms with Crippen LogP contribution in [0, 0.1) is 0 Å². The lowest BCUT2D eigenvalue weighted by atomic mass is 10.0. The molecule has 1 fully saturated rings. The third-order valence-corrected chi connectivity index (χ3v) is 3.55. The van der Waals surface area contributed by atoms with Gasteiger partial charge in [-0.05, 0) is 44.0 Å². The quantitative estimate of drug-likeness (QED) is 0.775. The SMILES string of the molecule is CCCNC(=O)c1cccc(NC(=O)[C@@H]2CCCCN2)c1. The summed E-state index contributed by atoms with van der Waals surface area (Å²) >= 11 is 0. The Hall–Kier alpha value is -1.88. The molecule has 1 heterocycles. The Kier molecular flexibility index (Phi) is 5.75. The Morgan fingerprint density at radius 3 is 2.90 bits per heavy atom. The van der Waals surface area contributed by atoms with E-state index in [9.17, 15) is 9.59 Å². The molecule has 1 aromatic carbocycles. The van der Waals surface area contributed by atoms with Gasteiger partial charge < -0.3 is 16.0 Å². The standard InChI is InChI=1S/C16H23N3O2/c1-2-9-18-15(20)12-6-5-7-13(11-12)19-16(21)14-8-3-4-10-17-14/h5-7,11,14,17H,2-4,8-10H2,1H3,(H,18,20)(H,19,21)/t14-/m0/s1. The zero-order chi connectivity index (χ0) is 15.1. The van der Waals surface area contributed by atoms with E-state index in [2.05, 4.69) is 16.0 Å². The van der Waals surface area contributed by atoms with Crippen molar-refractivity contribution >= 4 is 17.5 Å². The van der Waals surface area contributed by atoms with E-state index in [0.717, 1.165) is 32.2 Å². The van der Waals surface area contributed by atoms with Crippen molar-refractivity contribution in [3.8, 4) is 0 Å². The van der Waals surface area contributed by atoms with Crippen molar-refractivity contribution in [1.82, 2.24) is 10.6 Å². The minimum absolute atomic E-state index is 0.0270. The highest BCUT2D eigenvalue weighted by Gasteiger charge is 2.20. The number of piperidine rings is 1. The molecule has 1 aromatic rings. The van der Waals surface area contributed by atoms with E-state index in [1.165, 1.54) is 0 Å². The first kappa shape index (κ1) is 15.5. The van der Waals surface area contributed by atoms with Crippen LogP contribution >= 0.6 is 0 Å². The molecule has 2 amide bonds. The van der Waals surface area contributed by atoms with E-state index in [1.54, 1.807) is 24.3 Å². The van der Waals surface area contributed by atoms with Gasteiger partial charge in [0.25, 0.3) is 5.91 Å². The van der Waals surface area contributed by atoms with E-state index in [-0.39, 0.29) is 17.9 Å². The molecule has 5 nitrogen and oxygen atoms in total. The van der Waals surface area contributed by atoms with Crippen LogP contribution in [0.25, 0.3) is 0 Å². The summed E-state index contributed by atoms with van der Waals surface area (Å²) in [6, 6.07) is 6.92. The molecule has 0 unspecified atom stereocenters. The van der Waals surface area contributed by atoms with Gasteiger partial charge in [0.05, 0.1) is 6.04 Å². The van der Waals surface area contributed by atoms with E-state index in [1.807, 2.05) is 6.92 Å². The smallest absolute Gasteiger partial charge is 0.251 e. The van der Waals surface area contributed by atoms with Crippen molar-refractivity contribution in [3.63, 3.8) is 0 Å². The number of anilines is 1. The monoisotopic (exact) mass is 289 g/mol. The van der Waals surface area contributed by atoms with Gasteiger partial charge in [-0.3, -0.25) is 9.59 Å². The fourth-order valence-electron chi connectivity index (χ4n) is 2.38. The van der Waals surface area contributed by atoms with Crippen LogP contribution in [0.4, 0.5) is 5.69 Å². The van der Waals surface area contributed by atoms with Crippen LogP contribution in [0.5, 0.6) is 0 Å². The Morgan fingerprint density at radius 2 is 2.19 bits per heavy atom. The molecule has 0 bridgehead atoms. The Labute approximate surface area is 125 Å². The minimum Gasteiger partial charge on any atom is -0.352 e. The largest absolute Gasteiger partial charge is 0.352 e. The van der Waals surface area contributed by atoms with Crippen molar-refractivity contribution in [3.05, 3.63) is 29.8 Å². The van der Waals surface area contributed by atoms with Gasteiger partial charge in [0, 0.05) is 17.8 Å². The van der Waals surface area contributed by atoms with Crippen LogP contribution in [0.1, 0.15) is 43.0 Å². The Bertz CT molecular complexity index is 496. The Balaban J connectivity index is 1.96. The summed E-state index contributed by atoms with van der Waals surface area (Å²) in [6.45, 7) is 3.55. The first-order chi connectivity index (χ1) is 10.2. The summed E-state index contributed by atoms with van der Waals surface area (Å²) in [6.07, 6.45) is 3.96. The van der Waals surface area contributed by atoms with Gasteiger partial charge in [0.15, 0.2) is 0 Å². The molecule has 0 radical (unpaired) electrons. The van der Waals surface area contributed by atoms with Crippen LogP contribution in [-0.2, 0) is 4.79 Å². The number of carbonyl (C=O) groups is 2. The van der Waals surface area contributed by atoms with Gasteiger partial charge in [-0.2, -0.15) is 0 Å². The number of benzene rings is 1. The van der Waals surface area contributed by atoms with Crippen LogP contribution in [-0.4, -0.2) is 30.9 Å². The molecule has 21 heavy (non-hydrogen) atoms. The van der Waals surface area contributed by atoms with E-state index in [4.69, 9.17) is 0 Å². The van der Waals surface area contributed by atoms with E-state index >= 15 is 0 Å². The molecule has 5 heteroatoms. The normalized spacial score (nSPS) is 18.0. The summed E-state index contributed by atoms with van der Waals surface area (Å²) in [5, 5.41) is 8.92. The average Bonchev–Trinajstić information content (AvgIpc) is 2.53. The van der Waals surface area contributed by atoms with Gasteiger partial charge in [-0.15, -0.1) is 0 Å². The Morgan fingerprint density at radius 1 is 1.33 bits per heavy atom. The van der Waals surface area contributed by atoms with Crippen molar-refractivity contribution in [2.75, 3.05) is 18.4 Å². The van der Waals surface area contributed by atoms with Gasteiger partial charge in [-0.1, -0.05) is 19.4 Å². The highest BCUT2D eigenvalue weighted by molar-refractivity contribution is 5.98. The zero-order valence-corrected chi connectivity index (χ0v) is 12.4. The molecule has 3 N–H and O–H groups in total. The topological polar surface area (TPSA) is 70.2 Å². The first-order valence-corrected chi connectivity index (χ1v) is 7.63. The second-order valence-corrected chi connectivity index (χ2v) is 5.33. The molecule has 1 atom stereocenters. The molecule has 1 aliphatic heterocycles. The number of nitrogens with one attached hydrogen (secondary N) is 3. The molecule has 0 aliphatic carbocycles. The highest BCUT2D eigenvalue weighted by Crippen LogP contribution is 2.13. The predicted molar refractivity (Wildman–Crippen MR) is 83.3 cm³/mol. The molecule has 2 rings (SSSR count). The molecular weight excluding hydrogens is 266 g/mol. The van der Waals surface area contributed by atoms with Gasteiger partial charge in [-0.25, -0.2) is 0 Å². The highest BCUT2D eigenvalue weighted by atomic mass is 16.2. The maximum Gasteiger partial charge on any atom is 0.251 e. The van der Waals surface area contributed by atoms with E-state index < -0.39 is 0 Å². The maximum absolute atomic E-state index is 12.1.